The second kappa shape index (κ2) is 6.74. The van der Waals surface area contributed by atoms with Crippen LogP contribution in [0.2, 0.25) is 0 Å². The third-order valence-electron chi connectivity index (χ3n) is 4.29. The summed E-state index contributed by atoms with van der Waals surface area (Å²) >= 11 is 0. The van der Waals surface area contributed by atoms with E-state index in [0.29, 0.717) is 18.2 Å². The van der Waals surface area contributed by atoms with E-state index in [0.717, 1.165) is 24.2 Å². The van der Waals surface area contributed by atoms with Crippen LogP contribution in [-0.2, 0) is 6.42 Å². The fraction of sp³-hybridized carbons (Fsp3) is 0.529. The fourth-order valence-electron chi connectivity index (χ4n) is 3.04. The van der Waals surface area contributed by atoms with E-state index in [-0.39, 0.29) is 5.75 Å². The first kappa shape index (κ1) is 14.1. The SMILES string of the molecule is Oc1ccccc1Cc1nc(C2CCCCCCC2)no1. The Kier molecular flexibility index (Phi) is 4.53. The molecule has 0 aliphatic heterocycles. The first-order chi connectivity index (χ1) is 10.3. The molecule has 1 aromatic heterocycles. The summed E-state index contributed by atoms with van der Waals surface area (Å²) in [4.78, 5) is 4.55. The Hall–Kier alpha value is -1.84. The third-order valence-corrected chi connectivity index (χ3v) is 4.29. The molecule has 0 spiro atoms. The molecule has 3 rings (SSSR count). The highest BCUT2D eigenvalue weighted by Gasteiger charge is 2.19. The number of hydrogen-bond acceptors (Lipinski definition) is 4. The Balaban J connectivity index is 1.69. The zero-order valence-electron chi connectivity index (χ0n) is 12.3. The maximum Gasteiger partial charge on any atom is 0.231 e. The molecule has 2 aromatic rings. The third kappa shape index (κ3) is 3.63. The molecule has 1 aromatic carbocycles. The van der Waals surface area contributed by atoms with Crippen LogP contribution in [0.4, 0.5) is 0 Å². The number of hydrogen-bond donors (Lipinski definition) is 1. The first-order valence-electron chi connectivity index (χ1n) is 7.92. The van der Waals surface area contributed by atoms with Crippen LogP contribution in [0.15, 0.2) is 28.8 Å². The highest BCUT2D eigenvalue weighted by atomic mass is 16.5. The molecular weight excluding hydrogens is 264 g/mol. The van der Waals surface area contributed by atoms with E-state index in [1.165, 1.54) is 32.1 Å². The molecule has 1 fully saturated rings. The minimum absolute atomic E-state index is 0.281. The van der Waals surface area contributed by atoms with Crippen LogP contribution in [0, 0.1) is 0 Å². The van der Waals surface area contributed by atoms with Gasteiger partial charge < -0.3 is 9.63 Å². The topological polar surface area (TPSA) is 59.2 Å². The molecule has 0 unspecified atom stereocenters. The van der Waals surface area contributed by atoms with Gasteiger partial charge in [0.05, 0.1) is 6.42 Å². The molecule has 1 saturated carbocycles. The van der Waals surface area contributed by atoms with Gasteiger partial charge in [-0.2, -0.15) is 4.98 Å². The molecule has 4 nitrogen and oxygen atoms in total. The van der Waals surface area contributed by atoms with Crippen LogP contribution >= 0.6 is 0 Å². The van der Waals surface area contributed by atoms with E-state index in [4.69, 9.17) is 4.52 Å². The molecule has 1 aliphatic carbocycles. The average molecular weight is 286 g/mol. The lowest BCUT2D eigenvalue weighted by atomic mass is 9.91. The first-order valence-corrected chi connectivity index (χ1v) is 7.92. The molecule has 4 heteroatoms. The number of phenols is 1. The lowest BCUT2D eigenvalue weighted by Gasteiger charge is -2.15. The van der Waals surface area contributed by atoms with Crippen molar-refractivity contribution in [3.63, 3.8) is 0 Å². The normalized spacial score (nSPS) is 17.3. The van der Waals surface area contributed by atoms with Crippen molar-refractivity contribution in [1.82, 2.24) is 10.1 Å². The number of nitrogens with zero attached hydrogens (tertiary/aromatic N) is 2. The van der Waals surface area contributed by atoms with E-state index in [9.17, 15) is 5.11 Å². The van der Waals surface area contributed by atoms with Gasteiger partial charge in [-0.1, -0.05) is 55.5 Å². The summed E-state index contributed by atoms with van der Waals surface area (Å²) in [6, 6.07) is 7.28. The van der Waals surface area contributed by atoms with Gasteiger partial charge in [-0.3, -0.25) is 0 Å². The number of aromatic hydroxyl groups is 1. The summed E-state index contributed by atoms with van der Waals surface area (Å²) in [5.41, 5.74) is 0.824. The van der Waals surface area contributed by atoms with Gasteiger partial charge in [0.1, 0.15) is 5.75 Å². The summed E-state index contributed by atoms with van der Waals surface area (Å²) in [6.07, 6.45) is 9.33. The number of phenolic OH excluding ortho intramolecular Hbond substituents is 1. The predicted molar refractivity (Wildman–Crippen MR) is 80.3 cm³/mol. The quantitative estimate of drug-likeness (QED) is 0.919. The van der Waals surface area contributed by atoms with Gasteiger partial charge in [0.25, 0.3) is 0 Å². The van der Waals surface area contributed by atoms with Crippen molar-refractivity contribution in [1.29, 1.82) is 0 Å². The van der Waals surface area contributed by atoms with Crippen LogP contribution in [0.25, 0.3) is 0 Å². The molecule has 0 amide bonds. The highest BCUT2D eigenvalue weighted by molar-refractivity contribution is 5.33. The molecule has 112 valence electrons. The number of para-hydroxylation sites is 1. The lowest BCUT2D eigenvalue weighted by Crippen LogP contribution is -2.04. The number of rotatable bonds is 3. The van der Waals surface area contributed by atoms with Crippen LogP contribution < -0.4 is 0 Å². The largest absolute Gasteiger partial charge is 0.508 e. The summed E-state index contributed by atoms with van der Waals surface area (Å²) < 4.78 is 5.38. The maximum atomic E-state index is 9.81. The van der Waals surface area contributed by atoms with Crippen LogP contribution in [0.5, 0.6) is 5.75 Å². The van der Waals surface area contributed by atoms with Crippen LogP contribution in [-0.4, -0.2) is 15.2 Å². The molecule has 0 radical (unpaired) electrons. The Bertz CT molecular complexity index is 572. The van der Waals surface area contributed by atoms with Crippen molar-refractivity contribution in [3.8, 4) is 5.75 Å². The van der Waals surface area contributed by atoms with Crippen molar-refractivity contribution in [3.05, 3.63) is 41.5 Å². The molecule has 1 N–H and O–H groups in total. The summed E-state index contributed by atoms with van der Waals surface area (Å²) in [5.74, 6) is 2.16. The monoisotopic (exact) mass is 286 g/mol. The molecule has 1 heterocycles. The second-order valence-electron chi connectivity index (χ2n) is 5.89. The van der Waals surface area contributed by atoms with Crippen molar-refractivity contribution >= 4 is 0 Å². The lowest BCUT2D eigenvalue weighted by molar-refractivity contribution is 0.364. The van der Waals surface area contributed by atoms with E-state index in [1.807, 2.05) is 18.2 Å². The molecule has 0 bridgehead atoms. The van der Waals surface area contributed by atoms with Crippen LogP contribution in [0.1, 0.15) is 68.1 Å². The summed E-state index contributed by atoms with van der Waals surface area (Å²) in [5, 5.41) is 14.0. The van der Waals surface area contributed by atoms with Gasteiger partial charge in [-0.25, -0.2) is 0 Å². The van der Waals surface area contributed by atoms with Gasteiger partial charge in [-0.15, -0.1) is 0 Å². The van der Waals surface area contributed by atoms with Gasteiger partial charge in [-0.05, 0) is 18.9 Å². The van der Waals surface area contributed by atoms with E-state index in [2.05, 4.69) is 10.1 Å². The Morgan fingerprint density at radius 1 is 1.05 bits per heavy atom. The van der Waals surface area contributed by atoms with Crippen molar-refractivity contribution in [2.45, 2.75) is 57.3 Å². The molecule has 0 saturated heterocycles. The fourth-order valence-corrected chi connectivity index (χ4v) is 3.04. The van der Waals surface area contributed by atoms with Crippen molar-refractivity contribution in [2.75, 3.05) is 0 Å². The molecule has 1 aliphatic rings. The minimum atomic E-state index is 0.281. The van der Waals surface area contributed by atoms with Gasteiger partial charge in [0.2, 0.25) is 5.89 Å². The van der Waals surface area contributed by atoms with Gasteiger partial charge in [0, 0.05) is 11.5 Å². The predicted octanol–water partition coefficient (Wildman–Crippen LogP) is 4.19. The second-order valence-corrected chi connectivity index (χ2v) is 5.89. The summed E-state index contributed by atoms with van der Waals surface area (Å²) in [7, 11) is 0. The van der Waals surface area contributed by atoms with E-state index < -0.39 is 0 Å². The van der Waals surface area contributed by atoms with Gasteiger partial charge in [0.15, 0.2) is 5.82 Å². The number of benzene rings is 1. The Morgan fingerprint density at radius 2 is 1.76 bits per heavy atom. The van der Waals surface area contributed by atoms with E-state index in [1.54, 1.807) is 6.07 Å². The summed E-state index contributed by atoms with van der Waals surface area (Å²) in [6.45, 7) is 0. The highest BCUT2D eigenvalue weighted by Crippen LogP contribution is 2.29. The maximum absolute atomic E-state index is 9.81. The van der Waals surface area contributed by atoms with Crippen molar-refractivity contribution in [2.24, 2.45) is 0 Å². The molecular formula is C17H22N2O2. The van der Waals surface area contributed by atoms with E-state index >= 15 is 0 Å². The van der Waals surface area contributed by atoms with Crippen LogP contribution in [0.3, 0.4) is 0 Å². The van der Waals surface area contributed by atoms with Crippen molar-refractivity contribution < 1.29 is 9.63 Å². The molecule has 0 atom stereocenters. The standard InChI is InChI=1S/C17H22N2O2/c20-15-11-7-6-10-14(15)12-16-18-17(19-21-16)13-8-4-2-1-3-5-9-13/h6-7,10-11,13,20H,1-5,8-9,12H2. The number of aromatic nitrogens is 2. The molecule has 21 heavy (non-hydrogen) atoms. The Morgan fingerprint density at radius 3 is 2.52 bits per heavy atom. The minimum Gasteiger partial charge on any atom is -0.508 e. The average Bonchev–Trinajstić information content (AvgIpc) is 2.89. The zero-order chi connectivity index (χ0) is 14.5. The smallest absolute Gasteiger partial charge is 0.231 e. The Labute approximate surface area is 125 Å². The van der Waals surface area contributed by atoms with Gasteiger partial charge >= 0.3 is 0 Å². The zero-order valence-corrected chi connectivity index (χ0v) is 12.3.